The van der Waals surface area contributed by atoms with Crippen LogP contribution in [0.2, 0.25) is 5.02 Å². The Balaban J connectivity index is 1.27. The summed E-state index contributed by atoms with van der Waals surface area (Å²) >= 11 is 7.73. The Hall–Kier alpha value is -3.81. The fraction of sp³-hybridized carbons (Fsp3) is 0.219. The predicted octanol–water partition coefficient (Wildman–Crippen LogP) is 7.47. The molecule has 2 aliphatic heterocycles. The molecule has 202 valence electrons. The first-order valence-corrected chi connectivity index (χ1v) is 14.6. The monoisotopic (exact) mass is 568 g/mol. The molecular formula is C32H29ClN4O2S. The van der Waals surface area contributed by atoms with E-state index in [1.807, 2.05) is 95.8 Å². The molecule has 1 fully saturated rings. The second-order valence-electron chi connectivity index (χ2n) is 10.1. The molecule has 3 heterocycles. The lowest BCUT2D eigenvalue weighted by Crippen LogP contribution is -2.37. The second-order valence-corrected chi connectivity index (χ2v) is 11.5. The minimum absolute atomic E-state index is 0.194. The molecule has 0 bridgehead atoms. The lowest BCUT2D eigenvalue weighted by Gasteiger charge is -2.31. The molecule has 1 atom stereocenters. The van der Waals surface area contributed by atoms with Gasteiger partial charge in [-0.2, -0.15) is 10.1 Å². The van der Waals surface area contributed by atoms with Crippen LogP contribution in [0.15, 0.2) is 95.0 Å². The molecule has 0 unspecified atom stereocenters. The van der Waals surface area contributed by atoms with Gasteiger partial charge in [0.2, 0.25) is 0 Å². The standard InChI is InChI=1S/C32H29ClN4O2S/c1-22-8-7-17-36(19-22)32-34-31(38)29(40-32)18-25-20-37(26-10-3-2-4-11-26)35-30(25)23-13-15-27(16-14-23)39-21-24-9-5-6-12-28(24)33/h2-6,9-16,18,20,22H,7-8,17,19,21H2,1H3/b29-18+/t22-/m0/s1. The van der Waals surface area contributed by atoms with Gasteiger partial charge in [0.05, 0.1) is 16.3 Å². The lowest BCUT2D eigenvalue weighted by molar-refractivity contribution is -0.113. The zero-order valence-corrected chi connectivity index (χ0v) is 23.7. The maximum Gasteiger partial charge on any atom is 0.286 e. The number of nitrogens with zero attached hydrogens (tertiary/aromatic N) is 4. The van der Waals surface area contributed by atoms with Crippen LogP contribution in [-0.2, 0) is 11.4 Å². The number of aromatic nitrogens is 2. The normalized spacial score (nSPS) is 18.3. The van der Waals surface area contributed by atoms with Crippen LogP contribution < -0.4 is 4.74 Å². The average molecular weight is 569 g/mol. The Morgan fingerprint density at radius 1 is 1.05 bits per heavy atom. The molecule has 0 radical (unpaired) electrons. The van der Waals surface area contributed by atoms with Gasteiger partial charge in [0.25, 0.3) is 5.91 Å². The number of ether oxygens (including phenoxy) is 1. The number of para-hydroxylation sites is 1. The first-order chi connectivity index (χ1) is 19.5. The Labute approximate surface area is 243 Å². The van der Waals surface area contributed by atoms with Gasteiger partial charge in [-0.05, 0) is 79.1 Å². The molecule has 1 amide bonds. The van der Waals surface area contributed by atoms with Crippen molar-refractivity contribution in [3.8, 4) is 22.7 Å². The van der Waals surface area contributed by atoms with Gasteiger partial charge >= 0.3 is 0 Å². The van der Waals surface area contributed by atoms with Crippen LogP contribution in [0.3, 0.4) is 0 Å². The number of piperidine rings is 1. The first kappa shape index (κ1) is 26.4. The van der Waals surface area contributed by atoms with Crippen molar-refractivity contribution in [2.45, 2.75) is 26.4 Å². The lowest BCUT2D eigenvalue weighted by atomic mass is 10.0. The number of thioether (sulfide) groups is 1. The number of benzene rings is 3. The summed E-state index contributed by atoms with van der Waals surface area (Å²) in [5, 5.41) is 6.41. The van der Waals surface area contributed by atoms with Gasteiger partial charge in [-0.25, -0.2) is 4.68 Å². The molecule has 6 nitrogen and oxygen atoms in total. The van der Waals surface area contributed by atoms with Gasteiger partial charge in [-0.1, -0.05) is 54.9 Å². The van der Waals surface area contributed by atoms with E-state index >= 15 is 0 Å². The number of carbonyl (C=O) groups excluding carboxylic acids is 1. The zero-order chi connectivity index (χ0) is 27.5. The van der Waals surface area contributed by atoms with E-state index < -0.39 is 0 Å². The summed E-state index contributed by atoms with van der Waals surface area (Å²) in [5.74, 6) is 1.15. The molecule has 1 aromatic heterocycles. The van der Waals surface area contributed by atoms with Crippen molar-refractivity contribution in [2.75, 3.05) is 13.1 Å². The fourth-order valence-electron chi connectivity index (χ4n) is 4.95. The van der Waals surface area contributed by atoms with Crippen LogP contribution >= 0.6 is 23.4 Å². The Bertz CT molecular complexity index is 1580. The van der Waals surface area contributed by atoms with Crippen LogP contribution in [0.25, 0.3) is 23.0 Å². The Kier molecular flexibility index (Phi) is 7.75. The van der Waals surface area contributed by atoms with Crippen molar-refractivity contribution in [3.63, 3.8) is 0 Å². The highest BCUT2D eigenvalue weighted by molar-refractivity contribution is 8.18. The van der Waals surface area contributed by atoms with E-state index in [2.05, 4.69) is 16.8 Å². The molecule has 40 heavy (non-hydrogen) atoms. The summed E-state index contributed by atoms with van der Waals surface area (Å²) in [6.07, 6.45) is 6.23. The van der Waals surface area contributed by atoms with Crippen molar-refractivity contribution in [1.82, 2.24) is 14.7 Å². The third-order valence-electron chi connectivity index (χ3n) is 7.07. The smallest absolute Gasteiger partial charge is 0.286 e. The average Bonchev–Trinajstić information content (AvgIpc) is 3.57. The van der Waals surface area contributed by atoms with Crippen molar-refractivity contribution < 1.29 is 9.53 Å². The summed E-state index contributed by atoms with van der Waals surface area (Å²) in [6, 6.07) is 25.5. The second kappa shape index (κ2) is 11.7. The molecule has 3 aromatic carbocycles. The maximum atomic E-state index is 12.9. The summed E-state index contributed by atoms with van der Waals surface area (Å²) in [6.45, 7) is 4.52. The van der Waals surface area contributed by atoms with E-state index in [1.54, 1.807) is 0 Å². The van der Waals surface area contributed by atoms with Crippen LogP contribution in [0.1, 0.15) is 30.9 Å². The van der Waals surface area contributed by atoms with Crippen molar-refractivity contribution >= 4 is 40.5 Å². The minimum Gasteiger partial charge on any atom is -0.489 e. The van der Waals surface area contributed by atoms with Crippen LogP contribution in [0, 0.1) is 5.92 Å². The number of likely N-dealkylation sites (tertiary alicyclic amines) is 1. The number of amidine groups is 1. The Morgan fingerprint density at radius 2 is 1.82 bits per heavy atom. The van der Waals surface area contributed by atoms with Crippen LogP contribution in [0.5, 0.6) is 5.75 Å². The number of carbonyl (C=O) groups is 1. The molecule has 4 aromatic rings. The van der Waals surface area contributed by atoms with E-state index in [9.17, 15) is 4.79 Å². The largest absolute Gasteiger partial charge is 0.489 e. The van der Waals surface area contributed by atoms with Gasteiger partial charge < -0.3 is 9.64 Å². The van der Waals surface area contributed by atoms with E-state index in [-0.39, 0.29) is 5.91 Å². The molecular weight excluding hydrogens is 540 g/mol. The van der Waals surface area contributed by atoms with Crippen LogP contribution in [0.4, 0.5) is 0 Å². The topological polar surface area (TPSA) is 59.7 Å². The van der Waals surface area contributed by atoms with Crippen LogP contribution in [-0.4, -0.2) is 38.8 Å². The number of hydrogen-bond donors (Lipinski definition) is 0. The minimum atomic E-state index is -0.194. The third-order valence-corrected chi connectivity index (χ3v) is 8.48. The van der Waals surface area contributed by atoms with Crippen molar-refractivity contribution in [2.24, 2.45) is 10.9 Å². The zero-order valence-electron chi connectivity index (χ0n) is 22.2. The van der Waals surface area contributed by atoms with E-state index in [0.717, 1.165) is 58.5 Å². The Morgan fingerprint density at radius 3 is 2.60 bits per heavy atom. The maximum absolute atomic E-state index is 12.9. The molecule has 0 aliphatic carbocycles. The fourth-order valence-corrected chi connectivity index (χ4v) is 6.08. The highest BCUT2D eigenvalue weighted by Gasteiger charge is 2.29. The van der Waals surface area contributed by atoms with Gasteiger partial charge in [-0.15, -0.1) is 0 Å². The molecule has 0 saturated carbocycles. The number of halogens is 1. The van der Waals surface area contributed by atoms with Gasteiger partial charge in [0.1, 0.15) is 12.4 Å². The molecule has 6 rings (SSSR count). The summed E-state index contributed by atoms with van der Waals surface area (Å²) in [4.78, 5) is 20.2. The molecule has 8 heteroatoms. The predicted molar refractivity (Wildman–Crippen MR) is 163 cm³/mol. The van der Waals surface area contributed by atoms with Gasteiger partial charge in [-0.3, -0.25) is 4.79 Å². The summed E-state index contributed by atoms with van der Waals surface area (Å²) in [7, 11) is 0. The van der Waals surface area contributed by atoms with E-state index in [4.69, 9.17) is 21.4 Å². The molecule has 0 N–H and O–H groups in total. The third kappa shape index (κ3) is 5.86. The number of aliphatic imine (C=N–C) groups is 1. The highest BCUT2D eigenvalue weighted by Crippen LogP contribution is 2.35. The molecule has 2 aliphatic rings. The van der Waals surface area contributed by atoms with E-state index in [1.165, 1.54) is 18.2 Å². The summed E-state index contributed by atoms with van der Waals surface area (Å²) in [5.41, 5.74) is 4.43. The number of hydrogen-bond acceptors (Lipinski definition) is 5. The van der Waals surface area contributed by atoms with E-state index in [0.29, 0.717) is 22.5 Å². The quantitative estimate of drug-likeness (QED) is 0.226. The summed E-state index contributed by atoms with van der Waals surface area (Å²) < 4.78 is 7.83. The SMILES string of the molecule is C[C@H]1CCCN(C2=NC(=O)/C(=C\c3cn(-c4ccccc4)nc3-c3ccc(OCc4ccccc4Cl)cc3)S2)C1. The van der Waals surface area contributed by atoms with Gasteiger partial charge in [0, 0.05) is 41.0 Å². The van der Waals surface area contributed by atoms with Crippen molar-refractivity contribution in [3.05, 3.63) is 106 Å². The molecule has 1 saturated heterocycles. The number of amides is 1. The van der Waals surface area contributed by atoms with Gasteiger partial charge in [0.15, 0.2) is 5.17 Å². The highest BCUT2D eigenvalue weighted by atomic mass is 35.5. The number of rotatable bonds is 6. The van der Waals surface area contributed by atoms with Crippen molar-refractivity contribution in [1.29, 1.82) is 0 Å². The molecule has 0 spiro atoms. The first-order valence-electron chi connectivity index (χ1n) is 13.4.